The number of hydrogen-bond acceptors (Lipinski definition) is 2. The number of para-hydroxylation sites is 1. The lowest BCUT2D eigenvalue weighted by Crippen LogP contribution is -2.23. The van der Waals surface area contributed by atoms with E-state index >= 15 is 0 Å². The molecule has 3 nitrogen and oxygen atoms in total. The minimum absolute atomic E-state index is 0.00303. The number of rotatable bonds is 4. The summed E-state index contributed by atoms with van der Waals surface area (Å²) >= 11 is 0. The molecule has 1 atom stereocenters. The Labute approximate surface area is 113 Å². The summed E-state index contributed by atoms with van der Waals surface area (Å²) in [4.78, 5) is 11.0. The van der Waals surface area contributed by atoms with Crippen molar-refractivity contribution >= 4 is 5.91 Å². The summed E-state index contributed by atoms with van der Waals surface area (Å²) in [6.07, 6.45) is 0. The lowest BCUT2D eigenvalue weighted by molar-refractivity contribution is -0.119. The number of carbonyl (C=O) groups is 1. The zero-order valence-corrected chi connectivity index (χ0v) is 11.1. The lowest BCUT2D eigenvalue weighted by Gasteiger charge is -2.13. The normalized spacial score (nSPS) is 11.7. The maximum atomic E-state index is 11.0. The highest BCUT2D eigenvalue weighted by Crippen LogP contribution is 2.23. The van der Waals surface area contributed by atoms with E-state index in [4.69, 9.17) is 4.74 Å². The molecule has 1 N–H and O–H groups in total. The van der Waals surface area contributed by atoms with Crippen LogP contribution in [0.5, 0.6) is 11.5 Å². The van der Waals surface area contributed by atoms with Crippen LogP contribution in [0.15, 0.2) is 54.6 Å². The first-order chi connectivity index (χ1) is 9.15. The average molecular weight is 255 g/mol. The molecule has 3 heteroatoms. The van der Waals surface area contributed by atoms with E-state index in [-0.39, 0.29) is 11.9 Å². The molecule has 0 heterocycles. The molecular weight excluding hydrogens is 238 g/mol. The highest BCUT2D eigenvalue weighted by Gasteiger charge is 2.06. The number of carbonyl (C=O) groups excluding carboxylic acids is 1. The fourth-order valence-corrected chi connectivity index (χ4v) is 1.84. The minimum atomic E-state index is -0.0305. The largest absolute Gasteiger partial charge is 0.457 e. The number of ether oxygens (including phenoxy) is 1. The zero-order chi connectivity index (χ0) is 13.7. The van der Waals surface area contributed by atoms with Crippen molar-refractivity contribution in [2.24, 2.45) is 0 Å². The SMILES string of the molecule is CC(=O)NC(C)c1ccc(Oc2ccccc2)cc1. The van der Waals surface area contributed by atoms with Gasteiger partial charge in [-0.1, -0.05) is 30.3 Å². The van der Waals surface area contributed by atoms with Gasteiger partial charge in [0, 0.05) is 6.92 Å². The van der Waals surface area contributed by atoms with Crippen molar-refractivity contribution in [2.45, 2.75) is 19.9 Å². The van der Waals surface area contributed by atoms with Crippen LogP contribution in [0.1, 0.15) is 25.5 Å². The van der Waals surface area contributed by atoms with Gasteiger partial charge in [0.1, 0.15) is 11.5 Å². The van der Waals surface area contributed by atoms with Crippen molar-refractivity contribution in [2.75, 3.05) is 0 Å². The van der Waals surface area contributed by atoms with Gasteiger partial charge in [0.05, 0.1) is 6.04 Å². The first-order valence-corrected chi connectivity index (χ1v) is 6.25. The van der Waals surface area contributed by atoms with E-state index in [0.29, 0.717) is 0 Å². The Hall–Kier alpha value is -2.29. The molecule has 0 aliphatic carbocycles. The Kier molecular flexibility index (Phi) is 4.18. The Morgan fingerprint density at radius 2 is 1.58 bits per heavy atom. The fraction of sp³-hybridized carbons (Fsp3) is 0.188. The van der Waals surface area contributed by atoms with Gasteiger partial charge in [0.2, 0.25) is 5.91 Å². The summed E-state index contributed by atoms with van der Waals surface area (Å²) in [5.74, 6) is 1.56. The molecule has 0 spiro atoms. The zero-order valence-electron chi connectivity index (χ0n) is 11.1. The molecule has 0 radical (unpaired) electrons. The summed E-state index contributed by atoms with van der Waals surface area (Å²) in [7, 11) is 0. The van der Waals surface area contributed by atoms with E-state index in [1.165, 1.54) is 6.92 Å². The summed E-state index contributed by atoms with van der Waals surface area (Å²) < 4.78 is 5.71. The molecule has 0 saturated heterocycles. The van der Waals surface area contributed by atoms with E-state index in [0.717, 1.165) is 17.1 Å². The van der Waals surface area contributed by atoms with E-state index in [9.17, 15) is 4.79 Å². The molecule has 98 valence electrons. The van der Waals surface area contributed by atoms with Crippen molar-refractivity contribution in [3.8, 4) is 11.5 Å². The second kappa shape index (κ2) is 6.05. The molecule has 0 fully saturated rings. The van der Waals surface area contributed by atoms with Gasteiger partial charge in [0.25, 0.3) is 0 Å². The van der Waals surface area contributed by atoms with Gasteiger partial charge < -0.3 is 10.1 Å². The predicted octanol–water partition coefficient (Wildman–Crippen LogP) is 3.68. The Morgan fingerprint density at radius 1 is 1.00 bits per heavy atom. The second-order valence-corrected chi connectivity index (χ2v) is 4.41. The molecule has 0 aromatic heterocycles. The second-order valence-electron chi connectivity index (χ2n) is 4.41. The van der Waals surface area contributed by atoms with Crippen LogP contribution in [0, 0.1) is 0 Å². The van der Waals surface area contributed by atoms with E-state index in [1.807, 2.05) is 61.5 Å². The first-order valence-electron chi connectivity index (χ1n) is 6.25. The first kappa shape index (κ1) is 13.1. The molecule has 2 aromatic carbocycles. The molecule has 0 aliphatic rings. The minimum Gasteiger partial charge on any atom is -0.457 e. The Bertz CT molecular complexity index is 534. The molecule has 0 aliphatic heterocycles. The predicted molar refractivity (Wildman–Crippen MR) is 75.2 cm³/mol. The van der Waals surface area contributed by atoms with Crippen LogP contribution in [-0.4, -0.2) is 5.91 Å². The van der Waals surface area contributed by atoms with Gasteiger partial charge in [-0.25, -0.2) is 0 Å². The number of amides is 1. The van der Waals surface area contributed by atoms with Crippen LogP contribution in [0.3, 0.4) is 0 Å². The molecule has 0 bridgehead atoms. The Balaban J connectivity index is 2.04. The topological polar surface area (TPSA) is 38.3 Å². The van der Waals surface area contributed by atoms with Gasteiger partial charge in [0.15, 0.2) is 0 Å². The van der Waals surface area contributed by atoms with Crippen molar-refractivity contribution in [1.82, 2.24) is 5.32 Å². The molecule has 1 amide bonds. The van der Waals surface area contributed by atoms with E-state index in [1.54, 1.807) is 0 Å². The van der Waals surface area contributed by atoms with Crippen LogP contribution >= 0.6 is 0 Å². The maximum Gasteiger partial charge on any atom is 0.217 e. The highest BCUT2D eigenvalue weighted by molar-refractivity contribution is 5.73. The van der Waals surface area contributed by atoms with Crippen LogP contribution in [0.4, 0.5) is 0 Å². The van der Waals surface area contributed by atoms with E-state index in [2.05, 4.69) is 5.32 Å². The third-order valence-electron chi connectivity index (χ3n) is 2.78. The molecule has 0 saturated carbocycles. The van der Waals surface area contributed by atoms with Crippen molar-refractivity contribution in [3.05, 3.63) is 60.2 Å². The van der Waals surface area contributed by atoms with Gasteiger partial charge in [-0.2, -0.15) is 0 Å². The number of nitrogens with one attached hydrogen (secondary N) is 1. The van der Waals surface area contributed by atoms with Gasteiger partial charge >= 0.3 is 0 Å². The number of benzene rings is 2. The third kappa shape index (κ3) is 3.85. The average Bonchev–Trinajstić information content (AvgIpc) is 2.40. The quantitative estimate of drug-likeness (QED) is 0.905. The fourth-order valence-electron chi connectivity index (χ4n) is 1.84. The molecule has 2 rings (SSSR count). The van der Waals surface area contributed by atoms with Crippen molar-refractivity contribution < 1.29 is 9.53 Å². The number of hydrogen-bond donors (Lipinski definition) is 1. The van der Waals surface area contributed by atoms with Gasteiger partial charge in [-0.3, -0.25) is 4.79 Å². The van der Waals surface area contributed by atoms with E-state index < -0.39 is 0 Å². The standard InChI is InChI=1S/C16H17NO2/c1-12(17-13(2)18)14-8-10-16(11-9-14)19-15-6-4-3-5-7-15/h3-12H,1-2H3,(H,17,18). The smallest absolute Gasteiger partial charge is 0.217 e. The van der Waals surface area contributed by atoms with Gasteiger partial charge in [-0.05, 0) is 36.8 Å². The Morgan fingerprint density at radius 3 is 2.16 bits per heavy atom. The monoisotopic (exact) mass is 255 g/mol. The summed E-state index contributed by atoms with van der Waals surface area (Å²) in [6, 6.07) is 17.4. The summed E-state index contributed by atoms with van der Waals surface area (Å²) in [5, 5.41) is 2.85. The third-order valence-corrected chi connectivity index (χ3v) is 2.78. The maximum absolute atomic E-state index is 11.0. The van der Waals surface area contributed by atoms with Crippen LogP contribution in [-0.2, 0) is 4.79 Å². The molecular formula is C16H17NO2. The summed E-state index contributed by atoms with van der Waals surface area (Å²) in [5.41, 5.74) is 1.05. The van der Waals surface area contributed by atoms with Crippen molar-refractivity contribution in [1.29, 1.82) is 0 Å². The van der Waals surface area contributed by atoms with Crippen molar-refractivity contribution in [3.63, 3.8) is 0 Å². The summed E-state index contributed by atoms with van der Waals surface area (Å²) in [6.45, 7) is 3.47. The van der Waals surface area contributed by atoms with Crippen LogP contribution < -0.4 is 10.1 Å². The van der Waals surface area contributed by atoms with Gasteiger partial charge in [-0.15, -0.1) is 0 Å². The van der Waals surface area contributed by atoms with Crippen LogP contribution in [0.2, 0.25) is 0 Å². The molecule has 19 heavy (non-hydrogen) atoms. The molecule has 2 aromatic rings. The van der Waals surface area contributed by atoms with Crippen LogP contribution in [0.25, 0.3) is 0 Å². The highest BCUT2D eigenvalue weighted by atomic mass is 16.5. The molecule has 1 unspecified atom stereocenters. The lowest BCUT2D eigenvalue weighted by atomic mass is 10.1.